The van der Waals surface area contributed by atoms with E-state index in [1.165, 1.54) is 16.7 Å². The van der Waals surface area contributed by atoms with E-state index in [2.05, 4.69) is 79.7 Å². The van der Waals surface area contributed by atoms with E-state index in [0.29, 0.717) is 0 Å². The van der Waals surface area contributed by atoms with Gasteiger partial charge in [0.1, 0.15) is 11.5 Å². The second-order valence-corrected chi connectivity index (χ2v) is 10.2. The molecule has 150 valence electrons. The predicted molar refractivity (Wildman–Crippen MR) is 112 cm³/mol. The monoisotopic (exact) mass is 380 g/mol. The first-order chi connectivity index (χ1) is 13.0. The number of ether oxygens (including phenoxy) is 3. The van der Waals surface area contributed by atoms with Crippen molar-refractivity contribution in [3.05, 3.63) is 57.6 Å². The number of fused-ring (bicyclic) bond motifs is 6. The van der Waals surface area contributed by atoms with Gasteiger partial charge >= 0.3 is 0 Å². The van der Waals surface area contributed by atoms with Crippen LogP contribution in [0.2, 0.25) is 0 Å². The van der Waals surface area contributed by atoms with Crippen LogP contribution in [-0.2, 0) is 22.0 Å². The molecule has 4 rings (SSSR count). The summed E-state index contributed by atoms with van der Waals surface area (Å²) >= 11 is 0. The van der Waals surface area contributed by atoms with Crippen LogP contribution in [-0.4, -0.2) is 0 Å². The summed E-state index contributed by atoms with van der Waals surface area (Å²) in [4.78, 5) is 0. The van der Waals surface area contributed by atoms with E-state index in [9.17, 15) is 0 Å². The predicted octanol–water partition coefficient (Wildman–Crippen LogP) is 6.65. The molecule has 0 amide bonds. The lowest BCUT2D eigenvalue weighted by Gasteiger charge is -2.40. The van der Waals surface area contributed by atoms with E-state index in [1.807, 2.05) is 0 Å². The van der Waals surface area contributed by atoms with Gasteiger partial charge in [-0.25, -0.2) is 0 Å². The zero-order chi connectivity index (χ0) is 20.4. The molecule has 0 fully saturated rings. The summed E-state index contributed by atoms with van der Waals surface area (Å²) in [5, 5.41) is 0. The van der Waals surface area contributed by atoms with Crippen LogP contribution in [0.4, 0.5) is 0 Å². The van der Waals surface area contributed by atoms with Crippen LogP contribution in [0.25, 0.3) is 0 Å². The molecule has 0 N–H and O–H groups in total. The van der Waals surface area contributed by atoms with Gasteiger partial charge in [0.2, 0.25) is 12.6 Å². The summed E-state index contributed by atoms with van der Waals surface area (Å²) in [6.45, 7) is 17.7. The van der Waals surface area contributed by atoms with Crippen LogP contribution in [0.15, 0.2) is 24.3 Å². The fourth-order valence-electron chi connectivity index (χ4n) is 3.95. The van der Waals surface area contributed by atoms with Gasteiger partial charge in [0.05, 0.1) is 11.1 Å². The Morgan fingerprint density at radius 3 is 1.79 bits per heavy atom. The second-order valence-electron chi connectivity index (χ2n) is 10.2. The average Bonchev–Trinajstić information content (AvgIpc) is 2.60. The Morgan fingerprint density at radius 1 is 0.750 bits per heavy atom. The van der Waals surface area contributed by atoms with Crippen LogP contribution in [0.5, 0.6) is 11.5 Å². The van der Waals surface area contributed by atoms with Crippen molar-refractivity contribution in [1.29, 1.82) is 0 Å². The third-order valence-corrected chi connectivity index (χ3v) is 5.82. The quantitative estimate of drug-likeness (QED) is 0.554. The highest BCUT2D eigenvalue weighted by Crippen LogP contribution is 2.51. The Hall–Kier alpha value is -2.00. The largest absolute Gasteiger partial charge is 0.459 e. The molecule has 2 heterocycles. The van der Waals surface area contributed by atoms with Crippen LogP contribution in [0, 0.1) is 6.92 Å². The van der Waals surface area contributed by atoms with E-state index < -0.39 is 12.6 Å². The summed E-state index contributed by atoms with van der Waals surface area (Å²) in [6.07, 6.45) is 0.0701. The highest BCUT2D eigenvalue weighted by molar-refractivity contribution is 5.53. The summed E-state index contributed by atoms with van der Waals surface area (Å²) < 4.78 is 19.1. The fourth-order valence-corrected chi connectivity index (χ4v) is 3.95. The third-order valence-electron chi connectivity index (χ3n) is 5.82. The lowest BCUT2D eigenvalue weighted by molar-refractivity contribution is -0.228. The first-order valence-electron chi connectivity index (χ1n) is 10.3. The maximum atomic E-state index is 6.44. The zero-order valence-electron chi connectivity index (χ0n) is 18.4. The molecular weight excluding hydrogens is 348 g/mol. The minimum absolute atomic E-state index is 0.0550. The van der Waals surface area contributed by atoms with Gasteiger partial charge in [-0.2, -0.15) is 0 Å². The van der Waals surface area contributed by atoms with Crippen molar-refractivity contribution in [1.82, 2.24) is 0 Å². The highest BCUT2D eigenvalue weighted by atomic mass is 16.8. The van der Waals surface area contributed by atoms with E-state index in [4.69, 9.17) is 14.2 Å². The van der Waals surface area contributed by atoms with Gasteiger partial charge in [-0.05, 0) is 58.6 Å². The number of hydrogen-bond donors (Lipinski definition) is 0. The third kappa shape index (κ3) is 3.10. The van der Waals surface area contributed by atoms with Crippen molar-refractivity contribution >= 4 is 0 Å². The Balaban J connectivity index is 1.84. The van der Waals surface area contributed by atoms with E-state index in [1.54, 1.807) is 0 Å². The highest BCUT2D eigenvalue weighted by Gasteiger charge is 2.40. The maximum absolute atomic E-state index is 6.44. The van der Waals surface area contributed by atoms with Crippen molar-refractivity contribution in [3.8, 4) is 11.5 Å². The molecule has 2 aromatic carbocycles. The molecule has 0 saturated carbocycles. The fraction of sp³-hybridized carbons (Fsp3) is 0.520. The van der Waals surface area contributed by atoms with Gasteiger partial charge < -0.3 is 9.47 Å². The van der Waals surface area contributed by atoms with Gasteiger partial charge in [-0.1, -0.05) is 60.6 Å². The lowest BCUT2D eigenvalue weighted by atomic mass is 9.83. The first-order valence-corrected chi connectivity index (χ1v) is 10.3. The molecule has 0 saturated heterocycles. The van der Waals surface area contributed by atoms with Crippen LogP contribution >= 0.6 is 0 Å². The Kier molecular flexibility index (Phi) is 4.31. The Bertz CT molecular complexity index is 928. The number of aryl methyl sites for hydroxylation is 2. The molecule has 3 heteroatoms. The van der Waals surface area contributed by atoms with Crippen molar-refractivity contribution < 1.29 is 14.2 Å². The van der Waals surface area contributed by atoms with E-state index in [0.717, 1.165) is 34.6 Å². The molecule has 2 aromatic rings. The molecule has 2 atom stereocenters. The van der Waals surface area contributed by atoms with Crippen LogP contribution in [0.1, 0.15) is 94.4 Å². The van der Waals surface area contributed by atoms with E-state index >= 15 is 0 Å². The topological polar surface area (TPSA) is 27.7 Å². The summed E-state index contributed by atoms with van der Waals surface area (Å²) in [5.74, 6) is 1.83. The second kappa shape index (κ2) is 6.25. The number of benzene rings is 2. The Morgan fingerprint density at radius 2 is 1.25 bits per heavy atom. The van der Waals surface area contributed by atoms with Gasteiger partial charge in [-0.15, -0.1) is 0 Å². The van der Waals surface area contributed by atoms with Crippen LogP contribution < -0.4 is 9.47 Å². The molecule has 2 bridgehead atoms. The summed E-state index contributed by atoms with van der Waals surface area (Å²) in [6, 6.07) is 8.88. The van der Waals surface area contributed by atoms with Gasteiger partial charge in [0.25, 0.3) is 0 Å². The molecule has 2 aliphatic rings. The SMILES string of the molecule is CCc1cc(C(C)(C)C)cc2c1OC1OC2Oc2c(C)cc(C(C)(C)C)cc21. The van der Waals surface area contributed by atoms with Gasteiger partial charge in [-0.3, -0.25) is 4.74 Å². The number of rotatable bonds is 1. The van der Waals surface area contributed by atoms with Crippen molar-refractivity contribution in [3.63, 3.8) is 0 Å². The van der Waals surface area contributed by atoms with Crippen molar-refractivity contribution in [2.45, 2.75) is 85.2 Å². The molecule has 2 unspecified atom stereocenters. The van der Waals surface area contributed by atoms with E-state index in [-0.39, 0.29) is 10.8 Å². The minimum Gasteiger partial charge on any atom is -0.459 e. The first kappa shape index (κ1) is 19.3. The summed E-state index contributed by atoms with van der Waals surface area (Å²) in [7, 11) is 0. The minimum atomic E-state index is -0.423. The molecule has 28 heavy (non-hydrogen) atoms. The number of hydrogen-bond acceptors (Lipinski definition) is 3. The van der Waals surface area contributed by atoms with Gasteiger partial charge in [0, 0.05) is 0 Å². The van der Waals surface area contributed by atoms with Crippen molar-refractivity contribution in [2.75, 3.05) is 0 Å². The molecule has 3 nitrogen and oxygen atoms in total. The zero-order valence-corrected chi connectivity index (χ0v) is 18.4. The average molecular weight is 381 g/mol. The van der Waals surface area contributed by atoms with Gasteiger partial charge in [0.15, 0.2) is 0 Å². The molecule has 0 spiro atoms. The molecule has 2 aliphatic heterocycles. The maximum Gasteiger partial charge on any atom is 0.233 e. The van der Waals surface area contributed by atoms with Crippen molar-refractivity contribution in [2.24, 2.45) is 0 Å². The van der Waals surface area contributed by atoms with Crippen LogP contribution in [0.3, 0.4) is 0 Å². The molecule has 0 aromatic heterocycles. The Labute approximate surface area is 169 Å². The standard InChI is InChI=1S/C25H32O3/c1-9-15-11-17(25(6,7)8)13-19-21(15)27-22-18-12-16(24(3,4)5)10-14(2)20(18)26-23(19)28-22/h10-13,22-23H,9H2,1-8H3. The normalized spacial score (nSPS) is 20.7. The molecule has 0 aliphatic carbocycles. The molecular formula is C25H32O3. The lowest BCUT2D eigenvalue weighted by Crippen LogP contribution is -2.32. The molecule has 0 radical (unpaired) electrons. The summed E-state index contributed by atoms with van der Waals surface area (Å²) in [5.41, 5.74) is 7.01. The smallest absolute Gasteiger partial charge is 0.233 e.